The molecule has 0 saturated carbocycles. The zero-order chi connectivity index (χ0) is 21.2. The molecule has 1 aromatic heterocycles. The number of para-hydroxylation sites is 1. The number of nitrogens with zero attached hydrogens (tertiary/aromatic N) is 1. The second-order valence-electron chi connectivity index (χ2n) is 7.93. The molecule has 29 heavy (non-hydrogen) atoms. The van der Waals surface area contributed by atoms with E-state index < -0.39 is 17.7 Å². The van der Waals surface area contributed by atoms with Crippen LogP contribution < -0.4 is 4.74 Å². The third-order valence-corrected chi connectivity index (χ3v) is 4.33. The Hall–Kier alpha value is -3.34. The Bertz CT molecular complexity index is 1020. The van der Waals surface area contributed by atoms with Gasteiger partial charge >= 0.3 is 12.1 Å². The van der Waals surface area contributed by atoms with Crippen LogP contribution in [0.2, 0.25) is 0 Å². The van der Waals surface area contributed by atoms with Crippen molar-refractivity contribution in [2.75, 3.05) is 0 Å². The molecule has 0 aliphatic carbocycles. The van der Waals surface area contributed by atoms with E-state index in [-0.39, 0.29) is 0 Å². The molecule has 0 aliphatic heterocycles. The summed E-state index contributed by atoms with van der Waals surface area (Å²) in [6.45, 7) is 9.21. The van der Waals surface area contributed by atoms with E-state index in [1.807, 2.05) is 71.0 Å². The first-order valence-electron chi connectivity index (χ1n) is 9.45. The lowest BCUT2D eigenvalue weighted by Gasteiger charge is -2.20. The molecule has 1 heterocycles. The average Bonchev–Trinajstić information content (AvgIpc) is 3.10. The van der Waals surface area contributed by atoms with Crippen molar-refractivity contribution in [3.63, 3.8) is 0 Å². The number of rotatable bonds is 3. The van der Waals surface area contributed by atoms with Crippen LogP contribution in [0.25, 0.3) is 11.3 Å². The quantitative estimate of drug-likeness (QED) is 0.420. The predicted molar refractivity (Wildman–Crippen MR) is 112 cm³/mol. The number of carbonyl (C=O) groups excluding carboxylic acids is 2. The molecule has 3 aromatic rings. The molecule has 5 nitrogen and oxygen atoms in total. The van der Waals surface area contributed by atoms with Crippen molar-refractivity contribution in [2.24, 2.45) is 0 Å². The molecule has 0 N–H and O–H groups in total. The molecule has 0 saturated heterocycles. The molecule has 2 aromatic carbocycles. The second-order valence-corrected chi connectivity index (χ2v) is 7.93. The highest BCUT2D eigenvalue weighted by molar-refractivity contribution is 5.95. The van der Waals surface area contributed by atoms with E-state index in [1.54, 1.807) is 24.4 Å². The molecule has 0 bridgehead atoms. The van der Waals surface area contributed by atoms with Crippen LogP contribution in [-0.4, -0.2) is 22.2 Å². The average molecular weight is 391 g/mol. The van der Waals surface area contributed by atoms with Crippen LogP contribution in [0.3, 0.4) is 0 Å². The van der Waals surface area contributed by atoms with Crippen LogP contribution in [0.15, 0.2) is 60.8 Å². The SMILES string of the molecule is Cc1cc(-c2cccn2C(=O)OC(C)(C)C)cc(C)c1C(=O)Oc1ccccc1. The summed E-state index contributed by atoms with van der Waals surface area (Å²) in [5, 5.41) is 0. The Kier molecular flexibility index (Phi) is 5.59. The Balaban J connectivity index is 1.92. The maximum absolute atomic E-state index is 12.7. The number of benzene rings is 2. The first-order valence-corrected chi connectivity index (χ1v) is 9.45. The summed E-state index contributed by atoms with van der Waals surface area (Å²) in [6, 6.07) is 16.4. The van der Waals surface area contributed by atoms with Gasteiger partial charge in [-0.15, -0.1) is 0 Å². The zero-order valence-corrected chi connectivity index (χ0v) is 17.4. The van der Waals surface area contributed by atoms with Crippen LogP contribution in [-0.2, 0) is 4.74 Å². The summed E-state index contributed by atoms with van der Waals surface area (Å²) in [5.41, 5.74) is 3.01. The standard InChI is InChI=1S/C24H25NO4/c1-16-14-18(20-12-9-13-25(20)23(27)29-24(3,4)5)15-17(2)21(16)22(26)28-19-10-7-6-8-11-19/h6-15H,1-5H3. The Morgan fingerprint density at radius 2 is 1.52 bits per heavy atom. The van der Waals surface area contributed by atoms with Gasteiger partial charge in [0, 0.05) is 6.20 Å². The van der Waals surface area contributed by atoms with Crippen LogP contribution >= 0.6 is 0 Å². The lowest BCUT2D eigenvalue weighted by molar-refractivity contribution is 0.0539. The monoisotopic (exact) mass is 391 g/mol. The molecule has 5 heteroatoms. The highest BCUT2D eigenvalue weighted by Crippen LogP contribution is 2.27. The number of ether oxygens (including phenoxy) is 2. The first-order chi connectivity index (χ1) is 13.7. The van der Waals surface area contributed by atoms with Crippen molar-refractivity contribution in [1.29, 1.82) is 0 Å². The molecular formula is C24H25NO4. The predicted octanol–water partition coefficient (Wildman–Crippen LogP) is 5.77. The highest BCUT2D eigenvalue weighted by atomic mass is 16.6. The minimum Gasteiger partial charge on any atom is -0.443 e. The lowest BCUT2D eigenvalue weighted by Crippen LogP contribution is -2.27. The van der Waals surface area contributed by atoms with Gasteiger partial charge in [0.15, 0.2) is 0 Å². The zero-order valence-electron chi connectivity index (χ0n) is 17.4. The van der Waals surface area contributed by atoms with E-state index in [2.05, 4.69) is 0 Å². The molecule has 0 atom stereocenters. The number of hydrogen-bond acceptors (Lipinski definition) is 4. The van der Waals surface area contributed by atoms with Crippen molar-refractivity contribution >= 4 is 12.1 Å². The van der Waals surface area contributed by atoms with Crippen molar-refractivity contribution in [3.05, 3.63) is 77.5 Å². The van der Waals surface area contributed by atoms with Crippen molar-refractivity contribution in [1.82, 2.24) is 4.57 Å². The van der Waals surface area contributed by atoms with Crippen molar-refractivity contribution in [3.8, 4) is 17.0 Å². The molecular weight excluding hydrogens is 366 g/mol. The van der Waals surface area contributed by atoms with E-state index in [0.717, 1.165) is 16.7 Å². The molecule has 0 spiro atoms. The van der Waals surface area contributed by atoms with E-state index in [0.29, 0.717) is 17.0 Å². The maximum Gasteiger partial charge on any atom is 0.418 e. The van der Waals surface area contributed by atoms with Gasteiger partial charge < -0.3 is 9.47 Å². The summed E-state index contributed by atoms with van der Waals surface area (Å²) in [4.78, 5) is 25.2. The smallest absolute Gasteiger partial charge is 0.418 e. The fraction of sp³-hybridized carbons (Fsp3) is 0.250. The molecule has 3 rings (SSSR count). The third-order valence-electron chi connectivity index (χ3n) is 4.33. The van der Waals surface area contributed by atoms with Gasteiger partial charge in [0.05, 0.1) is 11.3 Å². The minimum absolute atomic E-state index is 0.403. The molecule has 0 radical (unpaired) electrons. The lowest BCUT2D eigenvalue weighted by atomic mass is 9.98. The highest BCUT2D eigenvalue weighted by Gasteiger charge is 2.21. The number of esters is 1. The van der Waals surface area contributed by atoms with E-state index in [4.69, 9.17) is 9.47 Å². The van der Waals surface area contributed by atoms with Gasteiger partial charge in [0.25, 0.3) is 0 Å². The Labute approximate surface area is 170 Å². The fourth-order valence-electron chi connectivity index (χ4n) is 3.17. The van der Waals surface area contributed by atoms with Gasteiger partial charge in [-0.3, -0.25) is 4.57 Å². The largest absolute Gasteiger partial charge is 0.443 e. The minimum atomic E-state index is -0.588. The molecule has 0 amide bonds. The summed E-state index contributed by atoms with van der Waals surface area (Å²) in [7, 11) is 0. The Morgan fingerprint density at radius 1 is 0.897 bits per heavy atom. The third kappa shape index (κ3) is 4.74. The van der Waals surface area contributed by atoms with Crippen LogP contribution in [0, 0.1) is 13.8 Å². The molecule has 0 unspecified atom stereocenters. The first kappa shape index (κ1) is 20.4. The van der Waals surface area contributed by atoms with E-state index >= 15 is 0 Å². The normalized spacial score (nSPS) is 11.2. The van der Waals surface area contributed by atoms with Crippen LogP contribution in [0.4, 0.5) is 4.79 Å². The molecule has 150 valence electrons. The fourth-order valence-corrected chi connectivity index (χ4v) is 3.17. The summed E-state index contributed by atoms with van der Waals surface area (Å²) < 4.78 is 12.4. The molecule has 0 aliphatic rings. The van der Waals surface area contributed by atoms with Gasteiger partial charge in [0.1, 0.15) is 11.4 Å². The van der Waals surface area contributed by atoms with E-state index in [1.165, 1.54) is 4.57 Å². The summed E-state index contributed by atoms with van der Waals surface area (Å²) in [5.74, 6) is 0.0967. The number of aryl methyl sites for hydroxylation is 2. The number of carbonyl (C=O) groups is 2. The summed E-state index contributed by atoms with van der Waals surface area (Å²) >= 11 is 0. The van der Waals surface area contributed by atoms with Crippen LogP contribution in [0.5, 0.6) is 5.75 Å². The van der Waals surface area contributed by atoms with Crippen molar-refractivity contribution in [2.45, 2.75) is 40.2 Å². The van der Waals surface area contributed by atoms with Crippen molar-refractivity contribution < 1.29 is 19.1 Å². The number of hydrogen-bond donors (Lipinski definition) is 0. The topological polar surface area (TPSA) is 57.5 Å². The van der Waals surface area contributed by atoms with Gasteiger partial charge in [-0.25, -0.2) is 9.59 Å². The summed E-state index contributed by atoms with van der Waals surface area (Å²) in [6.07, 6.45) is 1.23. The van der Waals surface area contributed by atoms with Crippen LogP contribution in [0.1, 0.15) is 42.3 Å². The second kappa shape index (κ2) is 7.95. The Morgan fingerprint density at radius 3 is 2.10 bits per heavy atom. The van der Waals surface area contributed by atoms with Gasteiger partial charge in [-0.1, -0.05) is 18.2 Å². The van der Waals surface area contributed by atoms with Gasteiger partial charge in [-0.2, -0.15) is 0 Å². The maximum atomic E-state index is 12.7. The van der Waals surface area contributed by atoms with Gasteiger partial charge in [-0.05, 0) is 87.7 Å². The number of aromatic nitrogens is 1. The van der Waals surface area contributed by atoms with E-state index in [9.17, 15) is 9.59 Å². The van der Waals surface area contributed by atoms with Gasteiger partial charge in [0.2, 0.25) is 0 Å². The molecule has 0 fully saturated rings.